The van der Waals surface area contributed by atoms with Gasteiger partial charge < -0.3 is 13.9 Å². The van der Waals surface area contributed by atoms with Crippen LogP contribution in [0.3, 0.4) is 0 Å². The first-order valence-corrected chi connectivity index (χ1v) is 9.44. The van der Waals surface area contributed by atoms with E-state index in [4.69, 9.17) is 37.1 Å². The fourth-order valence-electron chi connectivity index (χ4n) is 2.89. The molecule has 0 aliphatic rings. The predicted molar refractivity (Wildman–Crippen MR) is 109 cm³/mol. The van der Waals surface area contributed by atoms with Crippen molar-refractivity contribution < 1.29 is 18.7 Å². The van der Waals surface area contributed by atoms with Gasteiger partial charge in [0.1, 0.15) is 11.3 Å². The Labute approximate surface area is 171 Å². The second-order valence-electron chi connectivity index (χ2n) is 6.12. The van der Waals surface area contributed by atoms with Crippen molar-refractivity contribution in [2.45, 2.75) is 20.3 Å². The van der Waals surface area contributed by atoms with Crippen LogP contribution in [-0.4, -0.2) is 19.2 Å². The Hall–Kier alpha value is -2.50. The van der Waals surface area contributed by atoms with Gasteiger partial charge in [-0.1, -0.05) is 29.3 Å². The van der Waals surface area contributed by atoms with Crippen molar-refractivity contribution in [2.24, 2.45) is 0 Å². The summed E-state index contributed by atoms with van der Waals surface area (Å²) in [5, 5.41) is 1.75. The molecule has 3 rings (SSSR count). The fraction of sp³-hybridized carbons (Fsp3) is 0.238. The highest BCUT2D eigenvalue weighted by Crippen LogP contribution is 2.29. The van der Waals surface area contributed by atoms with Gasteiger partial charge in [-0.15, -0.1) is 0 Å². The van der Waals surface area contributed by atoms with Crippen LogP contribution in [0.5, 0.6) is 5.75 Å². The van der Waals surface area contributed by atoms with Gasteiger partial charge in [0.25, 0.3) is 0 Å². The van der Waals surface area contributed by atoms with Crippen molar-refractivity contribution in [3.8, 4) is 5.75 Å². The Morgan fingerprint density at radius 2 is 1.82 bits per heavy atom. The Bertz CT molecular complexity index is 1070. The summed E-state index contributed by atoms with van der Waals surface area (Å²) in [5.74, 6) is -0.0582. The number of rotatable bonds is 6. The van der Waals surface area contributed by atoms with Crippen molar-refractivity contribution in [2.75, 3.05) is 13.2 Å². The second-order valence-corrected chi connectivity index (χ2v) is 6.94. The monoisotopic (exact) mass is 420 g/mol. The first-order valence-electron chi connectivity index (χ1n) is 8.68. The first kappa shape index (κ1) is 20.2. The van der Waals surface area contributed by atoms with E-state index in [1.54, 1.807) is 43.3 Å². The summed E-state index contributed by atoms with van der Waals surface area (Å²) in [6.45, 7) is 3.63. The lowest BCUT2D eigenvalue weighted by molar-refractivity contribution is -0.145. The Morgan fingerprint density at radius 3 is 2.50 bits per heavy atom. The van der Waals surface area contributed by atoms with Gasteiger partial charge in [0.2, 0.25) is 0 Å². The number of aryl methyl sites for hydroxylation is 1. The molecule has 5 nitrogen and oxygen atoms in total. The van der Waals surface area contributed by atoms with Crippen LogP contribution >= 0.6 is 23.2 Å². The van der Waals surface area contributed by atoms with E-state index >= 15 is 0 Å². The molecule has 146 valence electrons. The summed E-state index contributed by atoms with van der Waals surface area (Å²) in [4.78, 5) is 24.0. The van der Waals surface area contributed by atoms with Crippen molar-refractivity contribution in [3.05, 3.63) is 73.6 Å². The molecular formula is C21H18Cl2O5. The molecule has 0 amide bonds. The van der Waals surface area contributed by atoms with Crippen LogP contribution in [0.2, 0.25) is 10.0 Å². The van der Waals surface area contributed by atoms with Crippen LogP contribution in [0.15, 0.2) is 45.6 Å². The highest BCUT2D eigenvalue weighted by Gasteiger charge is 2.16. The minimum absolute atomic E-state index is 0.217. The van der Waals surface area contributed by atoms with Crippen LogP contribution in [0.25, 0.3) is 11.0 Å². The van der Waals surface area contributed by atoms with Gasteiger partial charge >= 0.3 is 11.6 Å². The number of hydrogen-bond acceptors (Lipinski definition) is 5. The molecule has 0 radical (unpaired) electrons. The summed E-state index contributed by atoms with van der Waals surface area (Å²) in [6.07, 6.45) is 0.268. The molecule has 0 saturated carbocycles. The summed E-state index contributed by atoms with van der Waals surface area (Å²) in [5.41, 5.74) is 1.85. The number of ether oxygens (including phenoxy) is 2. The molecule has 0 spiro atoms. The lowest BCUT2D eigenvalue weighted by Crippen LogP contribution is -2.14. The van der Waals surface area contributed by atoms with Crippen molar-refractivity contribution in [1.29, 1.82) is 0 Å². The zero-order valence-electron chi connectivity index (χ0n) is 15.4. The molecule has 0 fully saturated rings. The molecule has 2 aromatic carbocycles. The van der Waals surface area contributed by atoms with Gasteiger partial charge in [-0.25, -0.2) is 9.59 Å². The Morgan fingerprint density at radius 1 is 1.11 bits per heavy atom. The fourth-order valence-corrected chi connectivity index (χ4v) is 3.42. The molecule has 1 heterocycles. The lowest BCUT2D eigenvalue weighted by atomic mass is 9.99. The van der Waals surface area contributed by atoms with E-state index in [1.807, 2.05) is 6.92 Å². The molecule has 0 N–H and O–H groups in total. The van der Waals surface area contributed by atoms with Crippen LogP contribution < -0.4 is 10.4 Å². The standard InChI is InChI=1S/C21H18Cl2O5/c1-3-26-20(24)11-27-13-7-8-14-12(2)15(21(25)28-19(14)9-13)10-16-17(22)5-4-6-18(16)23/h4-9H,3,10-11H2,1-2H3. The number of benzene rings is 2. The molecule has 28 heavy (non-hydrogen) atoms. The Kier molecular flexibility index (Phi) is 6.27. The van der Waals surface area contributed by atoms with E-state index in [-0.39, 0.29) is 19.6 Å². The van der Waals surface area contributed by atoms with Crippen LogP contribution in [0, 0.1) is 6.92 Å². The maximum atomic E-state index is 12.6. The van der Waals surface area contributed by atoms with Gasteiger partial charge in [-0.2, -0.15) is 0 Å². The van der Waals surface area contributed by atoms with E-state index < -0.39 is 11.6 Å². The average molecular weight is 421 g/mol. The number of esters is 1. The number of hydrogen-bond donors (Lipinski definition) is 0. The van der Waals surface area contributed by atoms with Crippen molar-refractivity contribution in [3.63, 3.8) is 0 Å². The van der Waals surface area contributed by atoms with E-state index in [0.29, 0.717) is 32.5 Å². The second kappa shape index (κ2) is 8.67. The molecule has 0 atom stereocenters. The van der Waals surface area contributed by atoms with Gasteiger partial charge in [0.05, 0.1) is 6.61 Å². The topological polar surface area (TPSA) is 65.7 Å². The van der Waals surface area contributed by atoms with Crippen LogP contribution in [0.4, 0.5) is 0 Å². The highest BCUT2D eigenvalue weighted by molar-refractivity contribution is 6.36. The molecule has 0 bridgehead atoms. The molecule has 0 unspecified atom stereocenters. The first-order chi connectivity index (χ1) is 13.4. The predicted octanol–water partition coefficient (Wildman–Crippen LogP) is 4.94. The van der Waals surface area contributed by atoms with Crippen molar-refractivity contribution >= 4 is 40.1 Å². The maximum Gasteiger partial charge on any atom is 0.344 e. The zero-order chi connectivity index (χ0) is 20.3. The number of carbonyl (C=O) groups is 1. The molecule has 3 aromatic rings. The smallest absolute Gasteiger partial charge is 0.344 e. The van der Waals surface area contributed by atoms with E-state index in [0.717, 1.165) is 10.9 Å². The minimum atomic E-state index is -0.469. The lowest BCUT2D eigenvalue weighted by Gasteiger charge is -2.11. The van der Waals surface area contributed by atoms with Gasteiger partial charge in [0.15, 0.2) is 6.61 Å². The van der Waals surface area contributed by atoms with E-state index in [9.17, 15) is 9.59 Å². The third-order valence-corrected chi connectivity index (χ3v) is 5.04. The molecule has 0 aliphatic heterocycles. The largest absolute Gasteiger partial charge is 0.482 e. The van der Waals surface area contributed by atoms with Gasteiger partial charge in [-0.05, 0) is 49.2 Å². The number of halogens is 2. The van der Waals surface area contributed by atoms with E-state index in [2.05, 4.69) is 0 Å². The molecule has 0 saturated heterocycles. The summed E-state index contributed by atoms with van der Waals surface area (Å²) < 4.78 is 15.7. The summed E-state index contributed by atoms with van der Waals surface area (Å²) >= 11 is 12.5. The normalized spacial score (nSPS) is 10.9. The van der Waals surface area contributed by atoms with Gasteiger partial charge in [-0.3, -0.25) is 0 Å². The molecular weight excluding hydrogens is 403 g/mol. The summed E-state index contributed by atoms with van der Waals surface area (Å²) in [7, 11) is 0. The summed E-state index contributed by atoms with van der Waals surface area (Å²) in [6, 6.07) is 10.3. The molecule has 0 aliphatic carbocycles. The third-order valence-electron chi connectivity index (χ3n) is 4.34. The van der Waals surface area contributed by atoms with Crippen LogP contribution in [-0.2, 0) is 16.0 Å². The van der Waals surface area contributed by atoms with Crippen molar-refractivity contribution in [1.82, 2.24) is 0 Å². The SMILES string of the molecule is CCOC(=O)COc1ccc2c(C)c(Cc3c(Cl)cccc3Cl)c(=O)oc2c1. The number of fused-ring (bicyclic) bond motifs is 1. The Balaban J connectivity index is 1.94. The third kappa shape index (κ3) is 4.32. The zero-order valence-corrected chi connectivity index (χ0v) is 16.9. The highest BCUT2D eigenvalue weighted by atomic mass is 35.5. The molecule has 1 aromatic heterocycles. The minimum Gasteiger partial charge on any atom is -0.482 e. The quantitative estimate of drug-likeness (QED) is 0.417. The van der Waals surface area contributed by atoms with Crippen LogP contribution in [0.1, 0.15) is 23.6 Å². The molecule has 7 heteroatoms. The van der Waals surface area contributed by atoms with E-state index in [1.165, 1.54) is 0 Å². The number of carbonyl (C=O) groups excluding carboxylic acids is 1. The maximum absolute atomic E-state index is 12.6. The van der Waals surface area contributed by atoms with Gasteiger partial charge in [0, 0.05) is 33.5 Å². The average Bonchev–Trinajstić information content (AvgIpc) is 2.65.